The van der Waals surface area contributed by atoms with E-state index in [2.05, 4.69) is 21.4 Å². The molecular weight excluding hydrogens is 206 g/mol. The lowest BCUT2D eigenvalue weighted by Gasteiger charge is -2.14. The van der Waals surface area contributed by atoms with E-state index in [1.807, 2.05) is 6.20 Å². The monoisotopic (exact) mass is 225 g/mol. The van der Waals surface area contributed by atoms with E-state index in [4.69, 9.17) is 12.2 Å². The molecule has 0 aliphatic carbocycles. The van der Waals surface area contributed by atoms with Gasteiger partial charge >= 0.3 is 0 Å². The van der Waals surface area contributed by atoms with Crippen molar-refractivity contribution in [3.8, 4) is 0 Å². The Hall–Kier alpha value is -0.610. The fourth-order valence-electron chi connectivity index (χ4n) is 2.22. The molecule has 4 heteroatoms. The van der Waals surface area contributed by atoms with Crippen LogP contribution in [0.5, 0.6) is 0 Å². The normalized spacial score (nSPS) is 17.4. The summed E-state index contributed by atoms with van der Waals surface area (Å²) >= 11 is 5.21. The lowest BCUT2D eigenvalue weighted by Crippen LogP contribution is -2.21. The van der Waals surface area contributed by atoms with Crippen LogP contribution in [0.4, 0.5) is 0 Å². The molecule has 1 aromatic rings. The third kappa shape index (κ3) is 2.69. The van der Waals surface area contributed by atoms with E-state index in [1.54, 1.807) is 0 Å². The van der Waals surface area contributed by atoms with Gasteiger partial charge in [0.2, 0.25) is 0 Å². The van der Waals surface area contributed by atoms with Gasteiger partial charge in [0, 0.05) is 18.4 Å². The van der Waals surface area contributed by atoms with Crippen molar-refractivity contribution in [2.45, 2.75) is 32.7 Å². The van der Waals surface area contributed by atoms with Gasteiger partial charge in [-0.15, -0.1) is 0 Å². The van der Waals surface area contributed by atoms with E-state index in [9.17, 15) is 0 Å². The van der Waals surface area contributed by atoms with E-state index in [-0.39, 0.29) is 0 Å². The predicted octanol–water partition coefficient (Wildman–Crippen LogP) is 2.34. The zero-order valence-corrected chi connectivity index (χ0v) is 10.1. The number of hydrogen-bond acceptors (Lipinski definition) is 2. The van der Waals surface area contributed by atoms with Crippen molar-refractivity contribution in [1.29, 1.82) is 0 Å². The Balaban J connectivity index is 1.80. The average Bonchev–Trinajstić information content (AvgIpc) is 2.82. The highest BCUT2D eigenvalue weighted by Crippen LogP contribution is 2.08. The summed E-state index contributed by atoms with van der Waals surface area (Å²) in [5.41, 5.74) is 1.24. The van der Waals surface area contributed by atoms with Crippen LogP contribution in [-0.2, 0) is 6.54 Å². The number of aromatic nitrogens is 2. The molecule has 0 radical (unpaired) electrons. The number of aryl methyl sites for hydroxylation is 1. The van der Waals surface area contributed by atoms with E-state index in [1.165, 1.54) is 44.6 Å². The van der Waals surface area contributed by atoms with E-state index in [0.717, 1.165) is 11.3 Å². The molecule has 3 nitrogen and oxygen atoms in total. The maximum absolute atomic E-state index is 5.21. The number of nitrogens with zero attached hydrogens (tertiary/aromatic N) is 2. The Morgan fingerprint density at radius 2 is 2.07 bits per heavy atom. The summed E-state index contributed by atoms with van der Waals surface area (Å²) < 4.78 is 3.04. The van der Waals surface area contributed by atoms with Crippen molar-refractivity contribution < 1.29 is 0 Å². The zero-order valence-electron chi connectivity index (χ0n) is 9.33. The van der Waals surface area contributed by atoms with Gasteiger partial charge in [0.15, 0.2) is 4.77 Å². The lowest BCUT2D eigenvalue weighted by atomic mass is 10.3. The molecule has 0 atom stereocenters. The van der Waals surface area contributed by atoms with Crippen LogP contribution < -0.4 is 0 Å². The zero-order chi connectivity index (χ0) is 10.7. The third-order valence-electron chi connectivity index (χ3n) is 3.13. The van der Waals surface area contributed by atoms with Gasteiger partial charge in [-0.05, 0) is 58.0 Å². The smallest absolute Gasteiger partial charge is 0.177 e. The summed E-state index contributed by atoms with van der Waals surface area (Å²) in [6.45, 7) is 6.94. The first-order valence-corrected chi connectivity index (χ1v) is 6.15. The molecule has 1 aliphatic heterocycles. The van der Waals surface area contributed by atoms with Gasteiger partial charge in [-0.1, -0.05) is 0 Å². The summed E-state index contributed by atoms with van der Waals surface area (Å²) in [6.07, 6.45) is 5.94. The molecule has 15 heavy (non-hydrogen) atoms. The second-order valence-electron chi connectivity index (χ2n) is 4.29. The first-order chi connectivity index (χ1) is 7.27. The number of likely N-dealkylation sites (tertiary alicyclic amines) is 1. The van der Waals surface area contributed by atoms with Gasteiger partial charge in [-0.25, -0.2) is 0 Å². The first kappa shape index (κ1) is 10.9. The Morgan fingerprint density at radius 1 is 1.33 bits per heavy atom. The van der Waals surface area contributed by atoms with Gasteiger partial charge in [0.25, 0.3) is 0 Å². The number of H-pyrrole nitrogens is 1. The molecule has 0 bridgehead atoms. The molecule has 0 aromatic carbocycles. The van der Waals surface area contributed by atoms with Crippen molar-refractivity contribution in [3.63, 3.8) is 0 Å². The summed E-state index contributed by atoms with van der Waals surface area (Å²) in [6, 6.07) is 0. The molecule has 1 aromatic heterocycles. The summed E-state index contributed by atoms with van der Waals surface area (Å²) in [7, 11) is 0. The molecule has 2 heterocycles. The van der Waals surface area contributed by atoms with Gasteiger partial charge in [0.1, 0.15) is 0 Å². The average molecular weight is 225 g/mol. The second-order valence-corrected chi connectivity index (χ2v) is 4.68. The van der Waals surface area contributed by atoms with Gasteiger partial charge in [-0.3, -0.25) is 0 Å². The minimum atomic E-state index is 0.855. The first-order valence-electron chi connectivity index (χ1n) is 5.74. The summed E-state index contributed by atoms with van der Waals surface area (Å²) in [5.74, 6) is 0. The highest BCUT2D eigenvalue weighted by molar-refractivity contribution is 7.71. The number of hydrogen-bond donors (Lipinski definition) is 1. The van der Waals surface area contributed by atoms with Crippen molar-refractivity contribution in [2.24, 2.45) is 0 Å². The number of nitrogens with one attached hydrogen (secondary N) is 1. The molecule has 1 N–H and O–H groups in total. The molecule has 84 valence electrons. The van der Waals surface area contributed by atoms with Crippen molar-refractivity contribution in [3.05, 3.63) is 16.7 Å². The molecule has 0 saturated carbocycles. The molecule has 2 rings (SSSR count). The third-order valence-corrected chi connectivity index (χ3v) is 3.47. The number of imidazole rings is 1. The van der Waals surface area contributed by atoms with Gasteiger partial charge in [-0.2, -0.15) is 0 Å². The highest BCUT2D eigenvalue weighted by Gasteiger charge is 2.10. The SMILES string of the molecule is Cc1c[nH]c(=S)n1CCCN1CCCC1. The van der Waals surface area contributed by atoms with Gasteiger partial charge in [0.05, 0.1) is 0 Å². The standard InChI is InChI=1S/C11H19N3S/c1-10-9-12-11(15)14(10)8-4-7-13-5-2-3-6-13/h9H,2-8H2,1H3,(H,12,15). The van der Waals surface area contributed by atoms with Crippen LogP contribution in [0, 0.1) is 11.7 Å². The molecule has 0 amide bonds. The van der Waals surface area contributed by atoms with Crippen LogP contribution in [0.15, 0.2) is 6.20 Å². The Kier molecular flexibility index (Phi) is 3.59. The van der Waals surface area contributed by atoms with E-state index >= 15 is 0 Å². The van der Waals surface area contributed by atoms with Crippen LogP contribution in [0.2, 0.25) is 0 Å². The van der Waals surface area contributed by atoms with Crippen molar-refractivity contribution in [1.82, 2.24) is 14.5 Å². The highest BCUT2D eigenvalue weighted by atomic mass is 32.1. The summed E-state index contributed by atoms with van der Waals surface area (Å²) in [5, 5.41) is 0. The molecular formula is C11H19N3S. The van der Waals surface area contributed by atoms with Crippen molar-refractivity contribution in [2.75, 3.05) is 19.6 Å². The number of rotatable bonds is 4. The Labute approximate surface area is 96.1 Å². The molecule has 0 spiro atoms. The van der Waals surface area contributed by atoms with Crippen LogP contribution in [0.25, 0.3) is 0 Å². The fourth-order valence-corrected chi connectivity index (χ4v) is 2.51. The predicted molar refractivity (Wildman–Crippen MR) is 64.6 cm³/mol. The molecule has 1 aliphatic rings. The minimum absolute atomic E-state index is 0.855. The Bertz CT molecular complexity index is 360. The fraction of sp³-hybridized carbons (Fsp3) is 0.727. The quantitative estimate of drug-likeness (QED) is 0.795. The van der Waals surface area contributed by atoms with Crippen LogP contribution in [0.1, 0.15) is 25.0 Å². The maximum Gasteiger partial charge on any atom is 0.177 e. The molecule has 1 saturated heterocycles. The van der Waals surface area contributed by atoms with Crippen LogP contribution in [0.3, 0.4) is 0 Å². The van der Waals surface area contributed by atoms with Crippen LogP contribution >= 0.6 is 12.2 Å². The number of aromatic amines is 1. The second kappa shape index (κ2) is 4.94. The van der Waals surface area contributed by atoms with Gasteiger partial charge < -0.3 is 14.5 Å². The topological polar surface area (TPSA) is 24.0 Å². The summed E-state index contributed by atoms with van der Waals surface area (Å²) in [4.78, 5) is 5.63. The lowest BCUT2D eigenvalue weighted by molar-refractivity contribution is 0.324. The van der Waals surface area contributed by atoms with Crippen LogP contribution in [-0.4, -0.2) is 34.1 Å². The van der Waals surface area contributed by atoms with E-state index < -0.39 is 0 Å². The maximum atomic E-state index is 5.21. The van der Waals surface area contributed by atoms with Crippen molar-refractivity contribution >= 4 is 12.2 Å². The molecule has 1 fully saturated rings. The molecule has 0 unspecified atom stereocenters. The minimum Gasteiger partial charge on any atom is -0.337 e. The Morgan fingerprint density at radius 3 is 2.67 bits per heavy atom. The largest absolute Gasteiger partial charge is 0.337 e. The van der Waals surface area contributed by atoms with E-state index in [0.29, 0.717) is 0 Å².